The Hall–Kier alpha value is -2.24. The van der Waals surface area contributed by atoms with Crippen LogP contribution in [0.5, 0.6) is 11.5 Å². The van der Waals surface area contributed by atoms with Gasteiger partial charge in [0.05, 0.1) is 19.8 Å². The Morgan fingerprint density at radius 2 is 1.71 bits per heavy atom. The van der Waals surface area contributed by atoms with Crippen LogP contribution < -0.4 is 14.8 Å². The molecule has 2 atom stereocenters. The molecule has 1 fully saturated rings. The van der Waals surface area contributed by atoms with Gasteiger partial charge in [-0.1, -0.05) is 19.8 Å². The average molecular weight is 335 g/mol. The first-order valence-corrected chi connectivity index (χ1v) is 8.23. The first kappa shape index (κ1) is 18.1. The predicted octanol–water partition coefficient (Wildman–Crippen LogP) is 2.56. The predicted molar refractivity (Wildman–Crippen MR) is 89.4 cm³/mol. The standard InChI is InChI=1S/C18H25NO5/c1-12-6-4-5-7-16(12)19-17(20)11-24-18(21)13-8-14(22-2)10-15(9-13)23-3/h8-10,12,16H,4-7,11H2,1-3H3,(H,19,20)/t12-,16+/m0/s1. The molecule has 0 bridgehead atoms. The van der Waals surface area contributed by atoms with Gasteiger partial charge >= 0.3 is 5.97 Å². The molecule has 1 N–H and O–H groups in total. The fourth-order valence-corrected chi connectivity index (χ4v) is 2.92. The van der Waals surface area contributed by atoms with Gasteiger partial charge < -0.3 is 19.5 Å². The normalized spacial score (nSPS) is 20.1. The second-order valence-electron chi connectivity index (χ2n) is 6.11. The van der Waals surface area contributed by atoms with E-state index in [0.29, 0.717) is 17.4 Å². The molecule has 1 aliphatic carbocycles. The molecule has 24 heavy (non-hydrogen) atoms. The lowest BCUT2D eigenvalue weighted by molar-refractivity contribution is -0.125. The molecule has 1 saturated carbocycles. The maximum absolute atomic E-state index is 12.1. The highest BCUT2D eigenvalue weighted by Gasteiger charge is 2.23. The summed E-state index contributed by atoms with van der Waals surface area (Å²) in [6.45, 7) is 1.85. The van der Waals surface area contributed by atoms with E-state index >= 15 is 0 Å². The van der Waals surface area contributed by atoms with Crippen molar-refractivity contribution in [1.82, 2.24) is 5.32 Å². The summed E-state index contributed by atoms with van der Waals surface area (Å²) >= 11 is 0. The zero-order valence-corrected chi connectivity index (χ0v) is 14.5. The zero-order valence-electron chi connectivity index (χ0n) is 14.5. The Bertz CT molecular complexity index is 565. The third-order valence-electron chi connectivity index (χ3n) is 4.38. The molecule has 1 amide bonds. The Labute approximate surface area is 142 Å². The molecule has 1 aromatic carbocycles. The summed E-state index contributed by atoms with van der Waals surface area (Å²) in [7, 11) is 3.01. The molecule has 0 radical (unpaired) electrons. The van der Waals surface area contributed by atoms with E-state index in [4.69, 9.17) is 14.2 Å². The number of amides is 1. The zero-order chi connectivity index (χ0) is 17.5. The topological polar surface area (TPSA) is 73.9 Å². The third-order valence-corrected chi connectivity index (χ3v) is 4.38. The Morgan fingerprint density at radius 1 is 1.08 bits per heavy atom. The van der Waals surface area contributed by atoms with Crippen LogP contribution in [0.3, 0.4) is 0 Å². The van der Waals surface area contributed by atoms with Crippen molar-refractivity contribution in [1.29, 1.82) is 0 Å². The number of nitrogens with one attached hydrogen (secondary N) is 1. The van der Waals surface area contributed by atoms with Crippen molar-refractivity contribution >= 4 is 11.9 Å². The molecule has 1 aliphatic rings. The smallest absolute Gasteiger partial charge is 0.338 e. The van der Waals surface area contributed by atoms with E-state index < -0.39 is 5.97 Å². The highest BCUT2D eigenvalue weighted by Crippen LogP contribution is 2.24. The van der Waals surface area contributed by atoms with Crippen molar-refractivity contribution in [3.63, 3.8) is 0 Å². The number of carbonyl (C=O) groups excluding carboxylic acids is 2. The van der Waals surface area contributed by atoms with Crippen LogP contribution in [0.15, 0.2) is 18.2 Å². The van der Waals surface area contributed by atoms with E-state index in [0.717, 1.165) is 19.3 Å². The Morgan fingerprint density at radius 3 is 2.29 bits per heavy atom. The van der Waals surface area contributed by atoms with Crippen molar-refractivity contribution in [3.05, 3.63) is 23.8 Å². The first-order chi connectivity index (χ1) is 11.5. The number of benzene rings is 1. The van der Waals surface area contributed by atoms with E-state index in [2.05, 4.69) is 12.2 Å². The van der Waals surface area contributed by atoms with Crippen LogP contribution in [-0.2, 0) is 9.53 Å². The SMILES string of the molecule is COc1cc(OC)cc(C(=O)OCC(=O)N[C@@H]2CCCC[C@@H]2C)c1. The highest BCUT2D eigenvalue weighted by molar-refractivity contribution is 5.92. The quantitative estimate of drug-likeness (QED) is 0.809. The number of rotatable bonds is 6. The molecule has 0 aromatic heterocycles. The van der Waals surface area contributed by atoms with Gasteiger partial charge in [-0.3, -0.25) is 4.79 Å². The van der Waals surface area contributed by atoms with Gasteiger partial charge in [-0.2, -0.15) is 0 Å². The van der Waals surface area contributed by atoms with Gasteiger partial charge in [-0.15, -0.1) is 0 Å². The number of esters is 1. The number of ether oxygens (including phenoxy) is 3. The van der Waals surface area contributed by atoms with Gasteiger partial charge in [0.25, 0.3) is 5.91 Å². The van der Waals surface area contributed by atoms with Gasteiger partial charge in [0.15, 0.2) is 6.61 Å². The van der Waals surface area contributed by atoms with Crippen molar-refractivity contribution in [2.24, 2.45) is 5.92 Å². The Balaban J connectivity index is 1.89. The lowest BCUT2D eigenvalue weighted by atomic mass is 9.86. The van der Waals surface area contributed by atoms with Gasteiger partial charge in [-0.25, -0.2) is 4.79 Å². The second kappa shape index (κ2) is 8.57. The molecule has 132 valence electrons. The maximum atomic E-state index is 12.1. The van der Waals surface area contributed by atoms with E-state index in [9.17, 15) is 9.59 Å². The highest BCUT2D eigenvalue weighted by atomic mass is 16.5. The number of hydrogen-bond donors (Lipinski definition) is 1. The van der Waals surface area contributed by atoms with E-state index in [1.165, 1.54) is 20.6 Å². The molecule has 0 saturated heterocycles. The van der Waals surface area contributed by atoms with Gasteiger partial charge in [0.2, 0.25) is 0 Å². The lowest BCUT2D eigenvalue weighted by Crippen LogP contribution is -2.42. The van der Waals surface area contributed by atoms with E-state index in [-0.39, 0.29) is 24.1 Å². The lowest BCUT2D eigenvalue weighted by Gasteiger charge is -2.29. The van der Waals surface area contributed by atoms with Crippen LogP contribution in [0, 0.1) is 5.92 Å². The minimum atomic E-state index is -0.584. The largest absolute Gasteiger partial charge is 0.497 e. The number of carbonyl (C=O) groups is 2. The molecule has 0 aliphatic heterocycles. The third kappa shape index (κ3) is 4.88. The van der Waals surface area contributed by atoms with Crippen molar-refractivity contribution in [3.8, 4) is 11.5 Å². The van der Waals surface area contributed by atoms with Crippen LogP contribution in [-0.4, -0.2) is 38.7 Å². The molecule has 6 nitrogen and oxygen atoms in total. The summed E-state index contributed by atoms with van der Waals surface area (Å²) in [5, 5.41) is 2.96. The fourth-order valence-electron chi connectivity index (χ4n) is 2.92. The average Bonchev–Trinajstić information content (AvgIpc) is 2.61. The maximum Gasteiger partial charge on any atom is 0.338 e. The van der Waals surface area contributed by atoms with Gasteiger partial charge in [-0.05, 0) is 30.9 Å². The van der Waals surface area contributed by atoms with Crippen LogP contribution >= 0.6 is 0 Å². The molecule has 0 spiro atoms. The molecule has 6 heteroatoms. The summed E-state index contributed by atoms with van der Waals surface area (Å²) in [5.41, 5.74) is 0.282. The molecule has 1 aromatic rings. The molecular weight excluding hydrogens is 310 g/mol. The molecule has 0 heterocycles. The molecule has 2 rings (SSSR count). The summed E-state index contributed by atoms with van der Waals surface area (Å²) in [5.74, 6) is 0.584. The fraction of sp³-hybridized carbons (Fsp3) is 0.556. The van der Waals surface area contributed by atoms with E-state index in [1.807, 2.05) is 0 Å². The summed E-state index contributed by atoms with van der Waals surface area (Å²) in [6, 6.07) is 4.92. The first-order valence-electron chi connectivity index (χ1n) is 8.23. The second-order valence-corrected chi connectivity index (χ2v) is 6.11. The minimum Gasteiger partial charge on any atom is -0.497 e. The summed E-state index contributed by atoms with van der Waals surface area (Å²) in [6.07, 6.45) is 4.43. The van der Waals surface area contributed by atoms with Crippen LogP contribution in [0.1, 0.15) is 43.0 Å². The Kier molecular flexibility index (Phi) is 6.46. The van der Waals surface area contributed by atoms with Crippen molar-refractivity contribution < 1.29 is 23.8 Å². The van der Waals surface area contributed by atoms with E-state index in [1.54, 1.807) is 18.2 Å². The van der Waals surface area contributed by atoms with Crippen LogP contribution in [0.4, 0.5) is 0 Å². The molecule has 0 unspecified atom stereocenters. The van der Waals surface area contributed by atoms with Gasteiger partial charge in [0.1, 0.15) is 11.5 Å². The summed E-state index contributed by atoms with van der Waals surface area (Å²) < 4.78 is 15.3. The minimum absolute atomic E-state index is 0.168. The van der Waals surface area contributed by atoms with Crippen LogP contribution in [0.25, 0.3) is 0 Å². The number of hydrogen-bond acceptors (Lipinski definition) is 5. The van der Waals surface area contributed by atoms with Crippen molar-refractivity contribution in [2.75, 3.05) is 20.8 Å². The summed E-state index contributed by atoms with van der Waals surface area (Å²) in [4.78, 5) is 24.1. The number of methoxy groups -OCH3 is 2. The van der Waals surface area contributed by atoms with Gasteiger partial charge in [0, 0.05) is 12.1 Å². The molecular formula is C18H25NO5. The van der Waals surface area contributed by atoms with Crippen LogP contribution in [0.2, 0.25) is 0 Å². The monoisotopic (exact) mass is 335 g/mol. The van der Waals surface area contributed by atoms with Crippen molar-refractivity contribution in [2.45, 2.75) is 38.6 Å².